The van der Waals surface area contributed by atoms with Gasteiger partial charge in [-0.2, -0.15) is 0 Å². The first-order valence-electron chi connectivity index (χ1n) is 6.80. The van der Waals surface area contributed by atoms with Gasteiger partial charge in [-0.15, -0.1) is 17.2 Å². The second-order valence-electron chi connectivity index (χ2n) is 6.16. The predicted molar refractivity (Wildman–Crippen MR) is 94.8 cm³/mol. The van der Waals surface area contributed by atoms with Gasteiger partial charge < -0.3 is 14.9 Å². The fourth-order valence-electron chi connectivity index (χ4n) is 3.56. The van der Waals surface area contributed by atoms with Crippen LogP contribution in [-0.4, -0.2) is 24.6 Å². The second kappa shape index (κ2) is 13.7. The largest absolute Gasteiger partial charge is 2.00 e. The Morgan fingerprint density at radius 2 is 1.15 bits per heavy atom. The first-order valence-corrected chi connectivity index (χ1v) is 9.96. The van der Waals surface area contributed by atoms with Crippen LogP contribution in [0, 0.1) is 32.1 Å². The molecule has 4 atom stereocenters. The Morgan fingerprint density at radius 1 is 0.850 bits per heavy atom. The molecule has 1 aliphatic carbocycles. The van der Waals surface area contributed by atoms with Gasteiger partial charge in [-0.05, 0) is 61.2 Å². The molecule has 0 saturated heterocycles. The summed E-state index contributed by atoms with van der Waals surface area (Å²) in [5.41, 5.74) is 2.69. The summed E-state index contributed by atoms with van der Waals surface area (Å²) in [6.45, 7) is 14.6. The van der Waals surface area contributed by atoms with Crippen LogP contribution in [0.3, 0.4) is 0 Å². The van der Waals surface area contributed by atoms with E-state index in [9.17, 15) is 0 Å². The van der Waals surface area contributed by atoms with E-state index in [1.165, 1.54) is 19.3 Å². The van der Waals surface area contributed by atoms with Gasteiger partial charge in [0.25, 0.3) is 0 Å². The summed E-state index contributed by atoms with van der Waals surface area (Å²) in [6, 6.07) is 0. The van der Waals surface area contributed by atoms with Crippen molar-refractivity contribution < 1.29 is 43.4 Å². The predicted octanol–water partition coefficient (Wildman–Crippen LogP) is 5.72. The zero-order chi connectivity index (χ0) is 12.3. The van der Waals surface area contributed by atoms with E-state index in [4.69, 9.17) is 0 Å². The summed E-state index contributed by atoms with van der Waals surface area (Å²) in [7, 11) is 2.31. The molecule has 0 heterocycles. The van der Waals surface area contributed by atoms with Gasteiger partial charge in [0.1, 0.15) is 0 Å². The average molecular weight is 386 g/mol. The third-order valence-electron chi connectivity index (χ3n) is 4.94. The topological polar surface area (TPSA) is 0 Å². The van der Waals surface area contributed by atoms with E-state index in [-0.39, 0.29) is 58.3 Å². The second-order valence-corrected chi connectivity index (χ2v) is 8.95. The smallest absolute Gasteiger partial charge is 0.358 e. The SMILES string of the molecule is CPC1CC(PC)CC(C(C)C)(C(C)C)C1.[CH3-].[CH3-].[Ti+2].[Ti]. The normalized spacial score (nSPS) is 25.2. The van der Waals surface area contributed by atoms with Crippen molar-refractivity contribution in [3.05, 3.63) is 14.9 Å². The first-order chi connectivity index (χ1) is 7.46. The maximum Gasteiger partial charge on any atom is 2.00 e. The van der Waals surface area contributed by atoms with Crippen molar-refractivity contribution in [1.29, 1.82) is 0 Å². The third-order valence-corrected chi connectivity index (χ3v) is 7.45. The van der Waals surface area contributed by atoms with Crippen molar-refractivity contribution in [2.45, 2.75) is 58.3 Å². The Balaban J connectivity index is -0.000000320. The van der Waals surface area contributed by atoms with Crippen molar-refractivity contribution in [2.24, 2.45) is 17.3 Å². The average Bonchev–Trinajstić information content (AvgIpc) is 2.27. The molecule has 0 radical (unpaired) electrons. The van der Waals surface area contributed by atoms with E-state index in [0.717, 1.165) is 40.3 Å². The Bertz CT molecular complexity index is 199. The molecule has 0 spiro atoms. The summed E-state index contributed by atoms with van der Waals surface area (Å²) >= 11 is 0. The number of hydrogen-bond donors (Lipinski definition) is 0. The molecule has 20 heavy (non-hydrogen) atoms. The fourth-order valence-corrected chi connectivity index (χ4v) is 6.00. The van der Waals surface area contributed by atoms with Gasteiger partial charge in [-0.1, -0.05) is 27.7 Å². The Hall–Kier alpha value is 2.29. The monoisotopic (exact) mass is 386 g/mol. The van der Waals surface area contributed by atoms with Crippen molar-refractivity contribution >= 4 is 17.2 Å². The van der Waals surface area contributed by atoms with E-state index in [1.54, 1.807) is 0 Å². The van der Waals surface area contributed by atoms with E-state index < -0.39 is 0 Å². The van der Waals surface area contributed by atoms with Crippen LogP contribution in [0.2, 0.25) is 0 Å². The Morgan fingerprint density at radius 3 is 1.35 bits per heavy atom. The molecule has 0 N–H and O–H groups in total. The fraction of sp³-hybridized carbons (Fsp3) is 0.875. The van der Waals surface area contributed by atoms with Crippen LogP contribution >= 0.6 is 17.2 Å². The van der Waals surface area contributed by atoms with Crippen LogP contribution in [0.15, 0.2) is 0 Å². The van der Waals surface area contributed by atoms with Gasteiger partial charge in [-0.3, -0.25) is 0 Å². The summed E-state index contributed by atoms with van der Waals surface area (Å²) in [5.74, 6) is 1.70. The number of rotatable bonds is 4. The van der Waals surface area contributed by atoms with Crippen molar-refractivity contribution in [3.8, 4) is 0 Å². The Labute approximate surface area is 163 Å². The van der Waals surface area contributed by atoms with Crippen LogP contribution < -0.4 is 0 Å². The summed E-state index contributed by atoms with van der Waals surface area (Å²) < 4.78 is 0. The minimum atomic E-state index is 0. The van der Waals surface area contributed by atoms with Crippen LogP contribution in [0.5, 0.6) is 0 Å². The standard InChI is InChI=1S/C14H30P2.2CH3.2Ti/c1-10(2)14(11(3)4)8-12(15-5)7-13(9-14)16-6;;;;/h10-13,15-16H,7-9H2,1-6H3;2*1H3;;/q;2*-1;;+2. The first kappa shape index (κ1) is 30.2. The molecule has 0 nitrogen and oxygen atoms in total. The molecule has 0 amide bonds. The molecule has 1 fully saturated rings. The van der Waals surface area contributed by atoms with E-state index >= 15 is 0 Å². The maximum absolute atomic E-state index is 2.46. The molecule has 0 aromatic heterocycles. The quantitative estimate of drug-likeness (QED) is 0.330. The minimum Gasteiger partial charge on any atom is -0.358 e. The summed E-state index contributed by atoms with van der Waals surface area (Å²) in [6.07, 6.45) is 4.52. The van der Waals surface area contributed by atoms with Crippen molar-refractivity contribution in [1.82, 2.24) is 0 Å². The zero-order valence-electron chi connectivity index (χ0n) is 14.9. The van der Waals surface area contributed by atoms with Gasteiger partial charge in [0.15, 0.2) is 0 Å². The molecule has 4 unspecified atom stereocenters. The Kier molecular flexibility index (Phi) is 20.7. The molecular formula is C16H36P2Ti2. The molecule has 4 heteroatoms. The molecular weight excluding hydrogens is 350 g/mol. The van der Waals surface area contributed by atoms with E-state index in [0.29, 0.717) is 5.41 Å². The minimum absolute atomic E-state index is 0. The van der Waals surface area contributed by atoms with Gasteiger partial charge in [0, 0.05) is 21.7 Å². The van der Waals surface area contributed by atoms with Crippen LogP contribution in [0.25, 0.3) is 0 Å². The summed E-state index contributed by atoms with van der Waals surface area (Å²) in [5, 5.41) is 0. The van der Waals surface area contributed by atoms with Crippen molar-refractivity contribution in [3.63, 3.8) is 0 Å². The van der Waals surface area contributed by atoms with Crippen LogP contribution in [0.1, 0.15) is 47.0 Å². The third kappa shape index (κ3) is 7.24. The van der Waals surface area contributed by atoms with E-state index in [1.807, 2.05) is 0 Å². The molecule has 0 aromatic rings. The molecule has 1 rings (SSSR count). The zero-order valence-corrected chi connectivity index (χ0v) is 20.1. The molecule has 0 aromatic carbocycles. The van der Waals surface area contributed by atoms with Gasteiger partial charge in [-0.25, -0.2) is 0 Å². The van der Waals surface area contributed by atoms with Gasteiger partial charge in [0.2, 0.25) is 0 Å². The van der Waals surface area contributed by atoms with Crippen LogP contribution in [-0.2, 0) is 43.4 Å². The molecule has 118 valence electrons. The summed E-state index contributed by atoms with van der Waals surface area (Å²) in [4.78, 5) is 0. The molecule has 1 aliphatic rings. The molecule has 0 bridgehead atoms. The van der Waals surface area contributed by atoms with E-state index in [2.05, 4.69) is 41.0 Å². The van der Waals surface area contributed by atoms with Crippen molar-refractivity contribution in [2.75, 3.05) is 13.3 Å². The maximum atomic E-state index is 2.46. The van der Waals surface area contributed by atoms with Crippen LogP contribution in [0.4, 0.5) is 0 Å². The molecule has 1 saturated carbocycles. The number of hydrogen-bond acceptors (Lipinski definition) is 0. The van der Waals surface area contributed by atoms with Gasteiger partial charge in [0.05, 0.1) is 0 Å². The van der Waals surface area contributed by atoms with Gasteiger partial charge >= 0.3 is 21.7 Å². The molecule has 0 aliphatic heterocycles.